The molecule has 0 saturated heterocycles. The molecule has 134 valence electrons. The summed E-state index contributed by atoms with van der Waals surface area (Å²) in [4.78, 5) is 0. The van der Waals surface area contributed by atoms with Gasteiger partial charge >= 0.3 is 0 Å². The molecule has 0 saturated carbocycles. The summed E-state index contributed by atoms with van der Waals surface area (Å²) in [6.45, 7) is 5.21. The fraction of sp³-hybridized carbons (Fsp3) is 0.182. The summed E-state index contributed by atoms with van der Waals surface area (Å²) in [6, 6.07) is 18.3. The lowest BCUT2D eigenvalue weighted by molar-refractivity contribution is 0.306. The first kappa shape index (κ1) is 18.3. The number of aryl methyl sites for hydroxylation is 2. The Morgan fingerprint density at radius 3 is 2.35 bits per heavy atom. The van der Waals surface area contributed by atoms with Crippen LogP contribution in [0.2, 0.25) is 5.02 Å². The molecular weight excluding hydrogens is 349 g/mol. The topological polar surface area (TPSA) is 21.3 Å². The quantitative estimate of drug-likeness (QED) is 0.551. The Labute approximate surface area is 158 Å². The van der Waals surface area contributed by atoms with E-state index in [2.05, 4.69) is 37.4 Å². The van der Waals surface area contributed by atoms with Gasteiger partial charge in [-0.25, -0.2) is 4.39 Å². The van der Waals surface area contributed by atoms with E-state index in [1.807, 2.05) is 18.2 Å². The smallest absolute Gasteiger partial charge is 0.138 e. The number of ether oxygens (including phenoxy) is 1. The molecule has 0 heterocycles. The zero-order valence-electron chi connectivity index (χ0n) is 14.9. The van der Waals surface area contributed by atoms with Gasteiger partial charge in [0.2, 0.25) is 0 Å². The molecule has 3 rings (SSSR count). The Morgan fingerprint density at radius 1 is 0.923 bits per heavy atom. The summed E-state index contributed by atoms with van der Waals surface area (Å²) in [5.41, 5.74) is 5.55. The van der Waals surface area contributed by atoms with Crippen LogP contribution in [0, 0.1) is 19.7 Å². The number of rotatable bonds is 6. The Morgan fingerprint density at radius 2 is 1.65 bits per heavy atom. The highest BCUT2D eigenvalue weighted by molar-refractivity contribution is 6.32. The predicted octanol–water partition coefficient (Wildman–Crippen LogP) is 6.29. The van der Waals surface area contributed by atoms with Crippen molar-refractivity contribution < 1.29 is 9.13 Å². The van der Waals surface area contributed by atoms with E-state index < -0.39 is 0 Å². The van der Waals surface area contributed by atoms with E-state index >= 15 is 0 Å². The maximum absolute atomic E-state index is 12.9. The van der Waals surface area contributed by atoms with E-state index in [4.69, 9.17) is 16.3 Å². The van der Waals surface area contributed by atoms with Gasteiger partial charge in [-0.2, -0.15) is 0 Å². The molecule has 0 amide bonds. The summed E-state index contributed by atoms with van der Waals surface area (Å²) in [6.07, 6.45) is 0. The van der Waals surface area contributed by atoms with Crippen LogP contribution in [0.25, 0.3) is 0 Å². The molecule has 3 aromatic carbocycles. The van der Waals surface area contributed by atoms with Crippen LogP contribution >= 0.6 is 11.6 Å². The van der Waals surface area contributed by atoms with Crippen molar-refractivity contribution in [2.75, 3.05) is 5.32 Å². The zero-order chi connectivity index (χ0) is 18.5. The van der Waals surface area contributed by atoms with Crippen LogP contribution in [-0.4, -0.2) is 0 Å². The Kier molecular flexibility index (Phi) is 5.79. The largest absolute Gasteiger partial charge is 0.487 e. The number of halogens is 2. The highest BCUT2D eigenvalue weighted by Gasteiger charge is 2.05. The first-order chi connectivity index (χ1) is 12.5. The van der Waals surface area contributed by atoms with Gasteiger partial charge in [0.15, 0.2) is 0 Å². The minimum absolute atomic E-state index is 0.257. The van der Waals surface area contributed by atoms with Crippen LogP contribution in [0.3, 0.4) is 0 Å². The van der Waals surface area contributed by atoms with Crippen LogP contribution in [0.4, 0.5) is 10.1 Å². The van der Waals surface area contributed by atoms with Crippen molar-refractivity contribution in [1.29, 1.82) is 0 Å². The number of anilines is 1. The van der Waals surface area contributed by atoms with Crippen LogP contribution in [0.5, 0.6) is 5.75 Å². The summed E-state index contributed by atoms with van der Waals surface area (Å²) < 4.78 is 18.7. The van der Waals surface area contributed by atoms with Gasteiger partial charge in [0, 0.05) is 12.2 Å². The van der Waals surface area contributed by atoms with E-state index in [1.165, 1.54) is 23.3 Å². The number of benzene rings is 3. The lowest BCUT2D eigenvalue weighted by Gasteiger charge is -2.12. The van der Waals surface area contributed by atoms with Crippen molar-refractivity contribution >= 4 is 17.3 Å². The van der Waals surface area contributed by atoms with Crippen LogP contribution < -0.4 is 10.1 Å². The molecule has 26 heavy (non-hydrogen) atoms. The lowest BCUT2D eigenvalue weighted by Crippen LogP contribution is -2.02. The molecule has 0 aliphatic heterocycles. The fourth-order valence-corrected chi connectivity index (χ4v) is 2.98. The second-order valence-corrected chi connectivity index (χ2v) is 6.76. The summed E-state index contributed by atoms with van der Waals surface area (Å²) >= 11 is 6.34. The van der Waals surface area contributed by atoms with E-state index in [0.717, 1.165) is 16.8 Å². The third-order valence-electron chi connectivity index (χ3n) is 4.17. The maximum atomic E-state index is 12.9. The SMILES string of the molecule is Cc1ccc(NCc2ccc(OCc3ccc(F)cc3)c(Cl)c2)c(C)c1. The average molecular weight is 370 g/mol. The minimum atomic E-state index is -0.257. The molecule has 0 radical (unpaired) electrons. The fourth-order valence-electron chi connectivity index (χ4n) is 2.72. The molecule has 0 fully saturated rings. The van der Waals surface area contributed by atoms with Crippen molar-refractivity contribution in [3.8, 4) is 5.75 Å². The second kappa shape index (κ2) is 8.24. The normalized spacial score (nSPS) is 10.6. The average Bonchev–Trinajstić information content (AvgIpc) is 2.61. The number of hydrogen-bond acceptors (Lipinski definition) is 2. The van der Waals surface area contributed by atoms with Crippen molar-refractivity contribution in [2.24, 2.45) is 0 Å². The Balaban J connectivity index is 1.60. The van der Waals surface area contributed by atoms with Crippen molar-refractivity contribution in [1.82, 2.24) is 0 Å². The monoisotopic (exact) mass is 369 g/mol. The molecule has 1 N–H and O–H groups in total. The third kappa shape index (κ3) is 4.77. The summed E-state index contributed by atoms with van der Waals surface area (Å²) in [7, 11) is 0. The predicted molar refractivity (Wildman–Crippen MR) is 105 cm³/mol. The highest BCUT2D eigenvalue weighted by Crippen LogP contribution is 2.27. The third-order valence-corrected chi connectivity index (χ3v) is 4.46. The minimum Gasteiger partial charge on any atom is -0.487 e. The van der Waals surface area contributed by atoms with Crippen LogP contribution in [-0.2, 0) is 13.2 Å². The molecule has 0 unspecified atom stereocenters. The van der Waals surface area contributed by atoms with Gasteiger partial charge in [-0.3, -0.25) is 0 Å². The first-order valence-corrected chi connectivity index (χ1v) is 8.86. The molecule has 0 spiro atoms. The number of nitrogens with one attached hydrogen (secondary N) is 1. The van der Waals surface area contributed by atoms with Gasteiger partial charge < -0.3 is 10.1 Å². The van der Waals surface area contributed by atoms with E-state index in [-0.39, 0.29) is 5.82 Å². The Bertz CT molecular complexity index is 893. The van der Waals surface area contributed by atoms with Crippen molar-refractivity contribution in [3.63, 3.8) is 0 Å². The molecule has 0 aliphatic carbocycles. The van der Waals surface area contributed by atoms with Gasteiger partial charge in [0.1, 0.15) is 18.2 Å². The second-order valence-electron chi connectivity index (χ2n) is 6.35. The van der Waals surface area contributed by atoms with Gasteiger partial charge in [0.25, 0.3) is 0 Å². The molecule has 3 aromatic rings. The van der Waals surface area contributed by atoms with E-state index in [9.17, 15) is 4.39 Å². The standard InChI is InChI=1S/C22H21ClFNO/c1-15-3-9-21(16(2)11-15)25-13-18-6-10-22(20(23)12-18)26-14-17-4-7-19(24)8-5-17/h3-12,25H,13-14H2,1-2H3. The molecular formula is C22H21ClFNO. The molecule has 2 nitrogen and oxygen atoms in total. The highest BCUT2D eigenvalue weighted by atomic mass is 35.5. The number of hydrogen-bond donors (Lipinski definition) is 1. The van der Waals surface area contributed by atoms with Crippen LogP contribution in [0.1, 0.15) is 22.3 Å². The van der Waals surface area contributed by atoms with Gasteiger partial charge in [0.05, 0.1) is 5.02 Å². The molecule has 0 aromatic heterocycles. The maximum Gasteiger partial charge on any atom is 0.138 e. The molecule has 0 atom stereocenters. The van der Waals surface area contributed by atoms with Gasteiger partial charge in [-0.15, -0.1) is 0 Å². The van der Waals surface area contributed by atoms with Crippen molar-refractivity contribution in [2.45, 2.75) is 27.0 Å². The van der Waals surface area contributed by atoms with Gasteiger partial charge in [-0.05, 0) is 60.9 Å². The van der Waals surface area contributed by atoms with Gasteiger partial charge in [-0.1, -0.05) is 47.5 Å². The lowest BCUT2D eigenvalue weighted by atomic mass is 10.1. The Hall–Kier alpha value is -2.52. The summed E-state index contributed by atoms with van der Waals surface area (Å²) in [5.74, 6) is 0.360. The van der Waals surface area contributed by atoms with Crippen LogP contribution in [0.15, 0.2) is 60.7 Å². The first-order valence-electron chi connectivity index (χ1n) is 8.48. The molecule has 0 bridgehead atoms. The van der Waals surface area contributed by atoms with E-state index in [0.29, 0.717) is 23.9 Å². The molecule has 0 aliphatic rings. The molecule has 4 heteroatoms. The zero-order valence-corrected chi connectivity index (χ0v) is 15.6. The van der Waals surface area contributed by atoms with E-state index in [1.54, 1.807) is 12.1 Å². The van der Waals surface area contributed by atoms with Crippen molar-refractivity contribution in [3.05, 3.63) is 93.8 Å². The summed E-state index contributed by atoms with van der Waals surface area (Å²) in [5, 5.41) is 3.99.